The van der Waals surface area contributed by atoms with Crippen LogP contribution in [0.5, 0.6) is 0 Å². The van der Waals surface area contributed by atoms with E-state index in [0.717, 1.165) is 31.6 Å². The molecule has 0 aliphatic carbocycles. The van der Waals surface area contributed by atoms with Gasteiger partial charge in [-0.15, -0.1) is 0 Å². The molecule has 0 bridgehead atoms. The third kappa shape index (κ3) is 4.87. The molecular formula is C16H30N2O5. The van der Waals surface area contributed by atoms with Crippen LogP contribution < -0.4 is 5.32 Å². The Labute approximate surface area is 138 Å². The predicted molar refractivity (Wildman–Crippen MR) is 86.3 cm³/mol. The fraction of sp³-hybridized carbons (Fsp3) is 0.938. The summed E-state index contributed by atoms with van der Waals surface area (Å²) in [5.41, 5.74) is 0.718. The molecule has 1 fully saturated rings. The summed E-state index contributed by atoms with van der Waals surface area (Å²) in [4.78, 5) is 5.37. The third-order valence-electron chi connectivity index (χ3n) is 3.94. The van der Waals surface area contributed by atoms with Gasteiger partial charge in [-0.05, 0) is 32.9 Å². The van der Waals surface area contributed by atoms with Crippen molar-refractivity contribution in [3.05, 3.63) is 0 Å². The van der Waals surface area contributed by atoms with E-state index in [9.17, 15) is 0 Å². The summed E-state index contributed by atoms with van der Waals surface area (Å²) in [5, 5.41) is 7.50. The average Bonchev–Trinajstić information content (AvgIpc) is 2.51. The van der Waals surface area contributed by atoms with Gasteiger partial charge >= 0.3 is 0 Å². The number of ether oxygens (including phenoxy) is 4. The van der Waals surface area contributed by atoms with E-state index in [2.05, 4.69) is 17.4 Å². The molecule has 0 unspecified atom stereocenters. The minimum absolute atomic E-state index is 0.227. The SMILES string of the molecule is CCNCCCCO[C@H]1[C@@H](OC)O[C@H](C)C2=NOC(C)(C)O[C@@H]21. The summed E-state index contributed by atoms with van der Waals surface area (Å²) in [6.45, 7) is 10.3. The highest BCUT2D eigenvalue weighted by Crippen LogP contribution is 2.31. The lowest BCUT2D eigenvalue weighted by atomic mass is 9.99. The molecule has 0 amide bonds. The maximum absolute atomic E-state index is 6.04. The Morgan fingerprint density at radius 3 is 2.78 bits per heavy atom. The molecule has 2 heterocycles. The van der Waals surface area contributed by atoms with E-state index in [-0.39, 0.29) is 18.3 Å². The Morgan fingerprint density at radius 2 is 2.09 bits per heavy atom. The number of nitrogens with one attached hydrogen (secondary N) is 1. The van der Waals surface area contributed by atoms with E-state index in [1.807, 2.05) is 20.8 Å². The Kier molecular flexibility index (Phi) is 6.79. The number of hydrogen-bond donors (Lipinski definition) is 1. The highest BCUT2D eigenvalue weighted by molar-refractivity contribution is 5.93. The highest BCUT2D eigenvalue weighted by atomic mass is 16.8. The van der Waals surface area contributed by atoms with Crippen LogP contribution in [0.4, 0.5) is 0 Å². The zero-order valence-corrected chi connectivity index (χ0v) is 14.8. The maximum atomic E-state index is 6.04. The lowest BCUT2D eigenvalue weighted by Gasteiger charge is -2.44. The van der Waals surface area contributed by atoms with Crippen LogP contribution in [0.3, 0.4) is 0 Å². The van der Waals surface area contributed by atoms with Crippen LogP contribution in [0.15, 0.2) is 5.16 Å². The zero-order chi connectivity index (χ0) is 16.9. The van der Waals surface area contributed by atoms with Gasteiger partial charge in [0.2, 0.25) is 5.79 Å². The molecule has 1 saturated heterocycles. The molecule has 4 atom stereocenters. The summed E-state index contributed by atoms with van der Waals surface area (Å²) < 4.78 is 23.4. The standard InChI is InChI=1S/C16H30N2O5/c1-6-17-9-7-8-10-20-14-13-12(11(2)21-15(14)19-5)18-23-16(3,4)22-13/h11,13-15,17H,6-10H2,1-5H3/t11-,13+,14-,15+/m1/s1. The van der Waals surface area contributed by atoms with E-state index in [4.69, 9.17) is 23.8 Å². The first-order chi connectivity index (χ1) is 11.0. The monoisotopic (exact) mass is 330 g/mol. The first kappa shape index (κ1) is 18.6. The molecule has 0 radical (unpaired) electrons. The van der Waals surface area contributed by atoms with Gasteiger partial charge in [0, 0.05) is 27.6 Å². The van der Waals surface area contributed by atoms with Crippen LogP contribution in [0.1, 0.15) is 40.5 Å². The maximum Gasteiger partial charge on any atom is 0.231 e. The van der Waals surface area contributed by atoms with Gasteiger partial charge in [-0.2, -0.15) is 0 Å². The lowest BCUT2D eigenvalue weighted by molar-refractivity contribution is -0.301. The highest BCUT2D eigenvalue weighted by Gasteiger charge is 2.49. The summed E-state index contributed by atoms with van der Waals surface area (Å²) in [7, 11) is 1.62. The second kappa shape index (κ2) is 8.39. The van der Waals surface area contributed by atoms with Gasteiger partial charge in [0.1, 0.15) is 24.0 Å². The van der Waals surface area contributed by atoms with E-state index >= 15 is 0 Å². The lowest BCUT2D eigenvalue weighted by Crippen LogP contribution is -2.60. The zero-order valence-electron chi connectivity index (χ0n) is 14.8. The van der Waals surface area contributed by atoms with Gasteiger partial charge in [0.05, 0.1) is 0 Å². The van der Waals surface area contributed by atoms with Crippen LogP contribution in [-0.2, 0) is 23.8 Å². The third-order valence-corrected chi connectivity index (χ3v) is 3.94. The second-order valence-electron chi connectivity index (χ2n) is 6.32. The number of fused-ring (bicyclic) bond motifs is 1. The quantitative estimate of drug-likeness (QED) is 0.683. The van der Waals surface area contributed by atoms with Crippen molar-refractivity contribution in [2.24, 2.45) is 5.16 Å². The molecule has 0 aromatic rings. The first-order valence-electron chi connectivity index (χ1n) is 8.43. The molecule has 23 heavy (non-hydrogen) atoms. The normalized spacial score (nSPS) is 32.8. The van der Waals surface area contributed by atoms with Gasteiger partial charge in [-0.1, -0.05) is 12.1 Å². The minimum atomic E-state index is -0.782. The van der Waals surface area contributed by atoms with Crippen molar-refractivity contribution < 1.29 is 23.8 Å². The molecule has 1 N–H and O–H groups in total. The molecule has 0 spiro atoms. The van der Waals surface area contributed by atoms with Crippen LogP contribution >= 0.6 is 0 Å². The largest absolute Gasteiger partial charge is 0.370 e. The molecule has 2 aliphatic heterocycles. The van der Waals surface area contributed by atoms with Crippen molar-refractivity contribution >= 4 is 5.71 Å². The summed E-state index contributed by atoms with van der Waals surface area (Å²) in [6.07, 6.45) is 0.662. The van der Waals surface area contributed by atoms with Gasteiger partial charge in [-0.25, -0.2) is 0 Å². The molecule has 2 rings (SSSR count). The van der Waals surface area contributed by atoms with Gasteiger partial charge in [-0.3, -0.25) is 0 Å². The van der Waals surface area contributed by atoms with E-state index in [1.54, 1.807) is 7.11 Å². The molecular weight excluding hydrogens is 300 g/mol. The van der Waals surface area contributed by atoms with Gasteiger partial charge < -0.3 is 29.1 Å². The average molecular weight is 330 g/mol. The Hall–Kier alpha value is -0.730. The minimum Gasteiger partial charge on any atom is -0.370 e. The fourth-order valence-corrected chi connectivity index (χ4v) is 2.74. The van der Waals surface area contributed by atoms with Crippen LogP contribution in [0.25, 0.3) is 0 Å². The number of rotatable bonds is 8. The van der Waals surface area contributed by atoms with E-state index in [1.165, 1.54) is 0 Å². The van der Waals surface area contributed by atoms with Crippen molar-refractivity contribution in [2.75, 3.05) is 26.8 Å². The van der Waals surface area contributed by atoms with Gasteiger partial charge in [0.15, 0.2) is 6.29 Å². The van der Waals surface area contributed by atoms with Crippen molar-refractivity contribution in [1.29, 1.82) is 0 Å². The molecule has 0 saturated carbocycles. The van der Waals surface area contributed by atoms with Crippen LogP contribution in [0.2, 0.25) is 0 Å². The predicted octanol–water partition coefficient (Wildman–Crippen LogP) is 1.66. The Balaban J connectivity index is 1.96. The van der Waals surface area contributed by atoms with Crippen molar-refractivity contribution in [1.82, 2.24) is 5.32 Å². The molecule has 134 valence electrons. The Morgan fingerprint density at radius 1 is 1.30 bits per heavy atom. The smallest absolute Gasteiger partial charge is 0.231 e. The molecule has 2 aliphatic rings. The number of nitrogens with zero attached hydrogens (tertiary/aromatic N) is 1. The number of methoxy groups -OCH3 is 1. The number of unbranched alkanes of at least 4 members (excludes halogenated alkanes) is 1. The fourth-order valence-electron chi connectivity index (χ4n) is 2.74. The van der Waals surface area contributed by atoms with Gasteiger partial charge in [0.25, 0.3) is 0 Å². The van der Waals surface area contributed by atoms with Crippen LogP contribution in [0, 0.1) is 0 Å². The molecule has 0 aromatic carbocycles. The number of oxime groups is 1. The second-order valence-corrected chi connectivity index (χ2v) is 6.32. The first-order valence-corrected chi connectivity index (χ1v) is 8.43. The van der Waals surface area contributed by atoms with Crippen molar-refractivity contribution in [2.45, 2.75) is 70.9 Å². The molecule has 7 nitrogen and oxygen atoms in total. The summed E-state index contributed by atoms with van der Waals surface area (Å²) >= 11 is 0. The van der Waals surface area contributed by atoms with Crippen molar-refractivity contribution in [3.8, 4) is 0 Å². The molecule has 0 aromatic heterocycles. The summed E-state index contributed by atoms with van der Waals surface area (Å²) in [6, 6.07) is 0. The topological polar surface area (TPSA) is 70.5 Å². The van der Waals surface area contributed by atoms with E-state index in [0.29, 0.717) is 6.61 Å². The summed E-state index contributed by atoms with van der Waals surface area (Å²) in [5.74, 6) is -0.782. The Bertz CT molecular complexity index is 402. The van der Waals surface area contributed by atoms with Crippen LogP contribution in [-0.4, -0.2) is 62.9 Å². The number of hydrogen-bond acceptors (Lipinski definition) is 7. The van der Waals surface area contributed by atoms with Crippen molar-refractivity contribution in [3.63, 3.8) is 0 Å². The molecule has 7 heteroatoms. The van der Waals surface area contributed by atoms with E-state index < -0.39 is 12.1 Å².